The van der Waals surface area contributed by atoms with E-state index in [0.29, 0.717) is 19.0 Å². The Bertz CT molecular complexity index is 774. The fourth-order valence-electron chi connectivity index (χ4n) is 3.10. The van der Waals surface area contributed by atoms with Crippen molar-refractivity contribution in [3.8, 4) is 0 Å². The van der Waals surface area contributed by atoms with Gasteiger partial charge in [-0.05, 0) is 32.8 Å². The third kappa shape index (κ3) is 2.67. The minimum absolute atomic E-state index is 0.321. The first kappa shape index (κ1) is 14.5. The number of hydrogen-bond acceptors (Lipinski definition) is 4. The van der Waals surface area contributed by atoms with Gasteiger partial charge in [-0.2, -0.15) is 0 Å². The van der Waals surface area contributed by atoms with Crippen molar-refractivity contribution in [2.45, 2.75) is 32.6 Å². The van der Waals surface area contributed by atoms with Crippen molar-refractivity contribution in [1.29, 1.82) is 0 Å². The normalized spacial score (nSPS) is 18.4. The van der Waals surface area contributed by atoms with E-state index >= 15 is 0 Å². The van der Waals surface area contributed by atoms with E-state index in [1.165, 1.54) is 6.26 Å². The van der Waals surface area contributed by atoms with Gasteiger partial charge < -0.3 is 0 Å². The zero-order chi connectivity index (χ0) is 15.2. The summed E-state index contributed by atoms with van der Waals surface area (Å²) in [5.41, 5.74) is 2.11. The Morgan fingerprint density at radius 2 is 1.86 bits per heavy atom. The second kappa shape index (κ2) is 5.06. The minimum Gasteiger partial charge on any atom is -0.285 e. The number of aromatic nitrogens is 3. The molecular weight excluding hydrogens is 288 g/mol. The summed E-state index contributed by atoms with van der Waals surface area (Å²) in [5.74, 6) is 2.19. The standard InChI is InChI=1S/C14H20N4O2S/c1-10-15-9-13-8-14(16-11(2)18(10)13)12-4-6-17(7-5-12)21(3,19)20/h8-9,12H,4-7H2,1-3H3. The highest BCUT2D eigenvalue weighted by Gasteiger charge is 2.26. The maximum atomic E-state index is 11.6. The fraction of sp³-hybridized carbons (Fsp3) is 0.571. The first-order chi connectivity index (χ1) is 9.86. The van der Waals surface area contributed by atoms with Gasteiger partial charge in [0, 0.05) is 24.7 Å². The third-order valence-corrected chi connectivity index (χ3v) is 5.52. The van der Waals surface area contributed by atoms with E-state index in [1.54, 1.807) is 4.31 Å². The van der Waals surface area contributed by atoms with Crippen LogP contribution >= 0.6 is 0 Å². The molecule has 0 spiro atoms. The van der Waals surface area contributed by atoms with Crippen molar-refractivity contribution in [1.82, 2.24) is 18.7 Å². The van der Waals surface area contributed by atoms with Gasteiger partial charge in [-0.1, -0.05) is 0 Å². The van der Waals surface area contributed by atoms with Gasteiger partial charge in [0.15, 0.2) is 0 Å². The van der Waals surface area contributed by atoms with Crippen LogP contribution in [0.2, 0.25) is 0 Å². The van der Waals surface area contributed by atoms with Crippen LogP contribution in [0.3, 0.4) is 0 Å². The molecule has 0 aliphatic carbocycles. The Morgan fingerprint density at radius 3 is 2.48 bits per heavy atom. The van der Waals surface area contributed by atoms with Crippen LogP contribution in [-0.2, 0) is 10.0 Å². The van der Waals surface area contributed by atoms with Crippen molar-refractivity contribution < 1.29 is 8.42 Å². The van der Waals surface area contributed by atoms with Crippen molar-refractivity contribution in [3.63, 3.8) is 0 Å². The second-order valence-electron chi connectivity index (χ2n) is 5.73. The molecule has 2 aromatic rings. The monoisotopic (exact) mass is 308 g/mol. The van der Waals surface area contributed by atoms with Crippen LogP contribution < -0.4 is 0 Å². The molecule has 0 atom stereocenters. The summed E-state index contributed by atoms with van der Waals surface area (Å²) in [6, 6.07) is 2.08. The zero-order valence-corrected chi connectivity index (χ0v) is 13.4. The molecule has 21 heavy (non-hydrogen) atoms. The molecule has 3 rings (SSSR count). The van der Waals surface area contributed by atoms with Crippen LogP contribution in [0.1, 0.15) is 36.1 Å². The molecule has 2 aromatic heterocycles. The maximum absolute atomic E-state index is 11.6. The molecule has 7 heteroatoms. The molecule has 0 bridgehead atoms. The molecule has 3 heterocycles. The van der Waals surface area contributed by atoms with Gasteiger partial charge in [0.05, 0.1) is 18.0 Å². The molecular formula is C14H20N4O2S. The van der Waals surface area contributed by atoms with E-state index in [2.05, 4.69) is 11.1 Å². The number of rotatable bonds is 2. The SMILES string of the molecule is Cc1ncc2cc(C3CCN(S(C)(=O)=O)CC3)nc(C)n12. The summed E-state index contributed by atoms with van der Waals surface area (Å²) >= 11 is 0. The van der Waals surface area contributed by atoms with Crippen LogP contribution in [0, 0.1) is 13.8 Å². The zero-order valence-electron chi connectivity index (χ0n) is 12.6. The summed E-state index contributed by atoms with van der Waals surface area (Å²) in [5, 5.41) is 0. The van der Waals surface area contributed by atoms with Gasteiger partial charge in [0.1, 0.15) is 11.6 Å². The van der Waals surface area contributed by atoms with E-state index in [4.69, 9.17) is 4.98 Å². The molecule has 114 valence electrons. The first-order valence-corrected chi connectivity index (χ1v) is 8.98. The van der Waals surface area contributed by atoms with E-state index < -0.39 is 10.0 Å². The first-order valence-electron chi connectivity index (χ1n) is 7.13. The fourth-order valence-corrected chi connectivity index (χ4v) is 3.97. The van der Waals surface area contributed by atoms with Crippen molar-refractivity contribution >= 4 is 15.5 Å². The van der Waals surface area contributed by atoms with Gasteiger partial charge in [-0.25, -0.2) is 22.7 Å². The van der Waals surface area contributed by atoms with Crippen LogP contribution in [0.15, 0.2) is 12.3 Å². The number of imidazole rings is 1. The Labute approximate surface area is 124 Å². The maximum Gasteiger partial charge on any atom is 0.211 e. The Morgan fingerprint density at radius 1 is 1.19 bits per heavy atom. The van der Waals surface area contributed by atoms with Crippen molar-refractivity contribution in [2.24, 2.45) is 0 Å². The van der Waals surface area contributed by atoms with E-state index in [1.807, 2.05) is 24.4 Å². The summed E-state index contributed by atoms with van der Waals surface area (Å²) in [4.78, 5) is 9.02. The molecule has 6 nitrogen and oxygen atoms in total. The molecule has 0 amide bonds. The third-order valence-electron chi connectivity index (χ3n) is 4.22. The number of fused-ring (bicyclic) bond motifs is 1. The van der Waals surface area contributed by atoms with E-state index in [9.17, 15) is 8.42 Å². The number of sulfonamides is 1. The van der Waals surface area contributed by atoms with Crippen LogP contribution in [0.5, 0.6) is 0 Å². The minimum atomic E-state index is -3.07. The van der Waals surface area contributed by atoms with E-state index in [-0.39, 0.29) is 0 Å². The topological polar surface area (TPSA) is 67.6 Å². The molecule has 1 aliphatic rings. The molecule has 0 aromatic carbocycles. The smallest absolute Gasteiger partial charge is 0.211 e. The number of hydrogen-bond donors (Lipinski definition) is 0. The van der Waals surface area contributed by atoms with Gasteiger partial charge in [0.2, 0.25) is 10.0 Å². The Hall–Kier alpha value is -1.47. The molecule has 1 aliphatic heterocycles. The summed E-state index contributed by atoms with van der Waals surface area (Å²) < 4.78 is 26.7. The summed E-state index contributed by atoms with van der Waals surface area (Å²) in [6.45, 7) is 5.10. The second-order valence-corrected chi connectivity index (χ2v) is 7.71. The molecule has 0 radical (unpaired) electrons. The molecule has 0 unspecified atom stereocenters. The van der Waals surface area contributed by atoms with Gasteiger partial charge >= 0.3 is 0 Å². The number of nitrogens with zero attached hydrogens (tertiary/aromatic N) is 4. The number of aryl methyl sites for hydroxylation is 2. The highest BCUT2D eigenvalue weighted by molar-refractivity contribution is 7.88. The quantitative estimate of drug-likeness (QED) is 0.843. The summed E-state index contributed by atoms with van der Waals surface area (Å²) in [7, 11) is -3.07. The Balaban J connectivity index is 1.86. The average Bonchev–Trinajstić information content (AvgIpc) is 2.80. The summed E-state index contributed by atoms with van der Waals surface area (Å²) in [6.07, 6.45) is 4.78. The van der Waals surface area contributed by atoms with Gasteiger partial charge in [0.25, 0.3) is 0 Å². The van der Waals surface area contributed by atoms with Crippen molar-refractivity contribution in [3.05, 3.63) is 29.6 Å². The average molecular weight is 308 g/mol. The van der Waals surface area contributed by atoms with Crippen molar-refractivity contribution in [2.75, 3.05) is 19.3 Å². The lowest BCUT2D eigenvalue weighted by molar-refractivity contribution is 0.318. The van der Waals surface area contributed by atoms with Gasteiger partial charge in [-0.3, -0.25) is 4.40 Å². The Kier molecular flexibility index (Phi) is 3.49. The predicted molar refractivity (Wildman–Crippen MR) is 80.9 cm³/mol. The lowest BCUT2D eigenvalue weighted by atomic mass is 9.94. The predicted octanol–water partition coefficient (Wildman–Crippen LogP) is 1.49. The van der Waals surface area contributed by atoms with Crippen LogP contribution in [-0.4, -0.2) is 46.4 Å². The van der Waals surface area contributed by atoms with Crippen LogP contribution in [0.25, 0.3) is 5.52 Å². The van der Waals surface area contributed by atoms with Crippen LogP contribution in [0.4, 0.5) is 0 Å². The van der Waals surface area contributed by atoms with Gasteiger partial charge in [-0.15, -0.1) is 0 Å². The highest BCUT2D eigenvalue weighted by Crippen LogP contribution is 2.28. The lowest BCUT2D eigenvalue weighted by Crippen LogP contribution is -2.37. The highest BCUT2D eigenvalue weighted by atomic mass is 32.2. The molecule has 0 saturated carbocycles. The lowest BCUT2D eigenvalue weighted by Gasteiger charge is -2.30. The molecule has 1 saturated heterocycles. The largest absolute Gasteiger partial charge is 0.285 e. The molecule has 0 N–H and O–H groups in total. The number of piperidine rings is 1. The van der Waals surface area contributed by atoms with E-state index in [0.717, 1.165) is 35.7 Å². The molecule has 1 fully saturated rings.